The minimum Gasteiger partial charge on any atom is -0.370 e. The molecule has 0 amide bonds. The number of hydrogen-bond donors (Lipinski definition) is 4. The van der Waals surface area contributed by atoms with Gasteiger partial charge in [0.15, 0.2) is 5.96 Å². The fraction of sp³-hybridized carbons (Fsp3) is 0.200. The number of H-pyrrole nitrogens is 1. The van der Waals surface area contributed by atoms with Gasteiger partial charge in [-0.05, 0) is 17.7 Å². The number of imidazole rings is 1. The number of hydrogen-bond acceptors (Lipinski definition) is 5. The summed E-state index contributed by atoms with van der Waals surface area (Å²) in [6.45, 7) is 0.609. The average Bonchev–Trinajstić information content (AvgIpc) is 2.67. The van der Waals surface area contributed by atoms with Crippen molar-refractivity contribution >= 4 is 28.6 Å². The van der Waals surface area contributed by atoms with Crippen molar-refractivity contribution in [1.82, 2.24) is 9.97 Å². The molecule has 0 bridgehead atoms. The van der Waals surface area contributed by atoms with Gasteiger partial charge in [0.1, 0.15) is 0 Å². The van der Waals surface area contributed by atoms with Gasteiger partial charge < -0.3 is 21.4 Å². The molecule has 0 fully saturated rings. The van der Waals surface area contributed by atoms with Gasteiger partial charge in [0.25, 0.3) is 0 Å². The van der Waals surface area contributed by atoms with E-state index in [4.69, 9.17) is 5.73 Å². The van der Waals surface area contributed by atoms with Gasteiger partial charge >= 0.3 is 0 Å². The first kappa shape index (κ1) is 9.02. The standard InChI is InChI=1S/C10H12N6/c1-12-10-15-7-2-5-4-13-9(11)14-6(5)3-8(7)16-10/h2-3H,4H2,1H3,(H3,11,13,14)(H2,12,15,16). The quantitative estimate of drug-likeness (QED) is 0.568. The second-order valence-electron chi connectivity index (χ2n) is 3.69. The first-order valence-corrected chi connectivity index (χ1v) is 5.03. The summed E-state index contributed by atoms with van der Waals surface area (Å²) in [7, 11) is 1.83. The van der Waals surface area contributed by atoms with Gasteiger partial charge in [-0.25, -0.2) is 9.98 Å². The van der Waals surface area contributed by atoms with E-state index in [-0.39, 0.29) is 0 Å². The number of nitrogens with zero attached hydrogens (tertiary/aromatic N) is 2. The first-order valence-electron chi connectivity index (χ1n) is 5.03. The monoisotopic (exact) mass is 216 g/mol. The van der Waals surface area contributed by atoms with E-state index < -0.39 is 0 Å². The van der Waals surface area contributed by atoms with Crippen molar-refractivity contribution in [2.45, 2.75) is 6.54 Å². The maximum absolute atomic E-state index is 5.62. The van der Waals surface area contributed by atoms with Gasteiger partial charge in [0.2, 0.25) is 5.95 Å². The largest absolute Gasteiger partial charge is 0.370 e. The Morgan fingerprint density at radius 1 is 1.44 bits per heavy atom. The molecule has 1 aliphatic heterocycles. The maximum atomic E-state index is 5.62. The van der Waals surface area contributed by atoms with Crippen LogP contribution in [-0.4, -0.2) is 23.0 Å². The highest BCUT2D eigenvalue weighted by atomic mass is 15.1. The van der Waals surface area contributed by atoms with Crippen LogP contribution < -0.4 is 16.4 Å². The van der Waals surface area contributed by atoms with Gasteiger partial charge in [-0.3, -0.25) is 0 Å². The molecule has 6 heteroatoms. The lowest BCUT2D eigenvalue weighted by Crippen LogP contribution is -2.26. The predicted molar refractivity (Wildman–Crippen MR) is 64.6 cm³/mol. The number of aromatic nitrogens is 2. The van der Waals surface area contributed by atoms with Crippen LogP contribution in [-0.2, 0) is 6.54 Å². The lowest BCUT2D eigenvalue weighted by molar-refractivity contribution is 1.04. The number of fused-ring (bicyclic) bond motifs is 2. The Morgan fingerprint density at radius 2 is 2.31 bits per heavy atom. The molecular weight excluding hydrogens is 204 g/mol. The van der Waals surface area contributed by atoms with Crippen molar-refractivity contribution in [3.8, 4) is 0 Å². The second kappa shape index (κ2) is 3.13. The van der Waals surface area contributed by atoms with Crippen LogP contribution in [0.3, 0.4) is 0 Å². The van der Waals surface area contributed by atoms with Crippen LogP contribution in [0.1, 0.15) is 5.56 Å². The number of benzene rings is 1. The second-order valence-corrected chi connectivity index (χ2v) is 3.69. The van der Waals surface area contributed by atoms with E-state index in [1.807, 2.05) is 19.2 Å². The number of guanidine groups is 1. The van der Waals surface area contributed by atoms with Gasteiger partial charge in [-0.1, -0.05) is 0 Å². The van der Waals surface area contributed by atoms with Crippen molar-refractivity contribution in [3.63, 3.8) is 0 Å². The van der Waals surface area contributed by atoms with E-state index in [1.54, 1.807) is 0 Å². The molecule has 6 nitrogen and oxygen atoms in total. The molecule has 1 aromatic carbocycles. The van der Waals surface area contributed by atoms with Gasteiger partial charge in [0, 0.05) is 12.7 Å². The van der Waals surface area contributed by atoms with E-state index in [0.717, 1.165) is 28.2 Å². The third-order valence-electron chi connectivity index (χ3n) is 2.63. The Labute approximate surface area is 92.0 Å². The summed E-state index contributed by atoms with van der Waals surface area (Å²) < 4.78 is 0. The molecule has 1 aliphatic rings. The predicted octanol–water partition coefficient (Wildman–Crippen LogP) is 0.845. The smallest absolute Gasteiger partial charge is 0.200 e. The Hall–Kier alpha value is -2.24. The van der Waals surface area contributed by atoms with Crippen LogP contribution >= 0.6 is 0 Å². The summed E-state index contributed by atoms with van der Waals surface area (Å²) in [5, 5.41) is 6.01. The van der Waals surface area contributed by atoms with Gasteiger partial charge in [0.05, 0.1) is 17.6 Å². The molecular formula is C10H12N6. The Morgan fingerprint density at radius 3 is 3.12 bits per heavy atom. The minimum absolute atomic E-state index is 0.455. The molecule has 0 radical (unpaired) electrons. The zero-order valence-electron chi connectivity index (χ0n) is 8.83. The molecule has 0 unspecified atom stereocenters. The van der Waals surface area contributed by atoms with Crippen LogP contribution in [0, 0.1) is 0 Å². The van der Waals surface area contributed by atoms with E-state index in [2.05, 4.69) is 25.6 Å². The maximum Gasteiger partial charge on any atom is 0.200 e. The number of aromatic amines is 1. The summed E-state index contributed by atoms with van der Waals surface area (Å²) in [5.74, 6) is 1.21. The number of nitrogens with two attached hydrogens (primary N) is 1. The number of aliphatic imine (C=N–C) groups is 1. The fourth-order valence-electron chi connectivity index (χ4n) is 1.82. The average molecular weight is 216 g/mol. The van der Waals surface area contributed by atoms with Crippen LogP contribution in [0.2, 0.25) is 0 Å². The number of nitrogens with one attached hydrogen (secondary N) is 3. The van der Waals surface area contributed by atoms with E-state index in [0.29, 0.717) is 12.5 Å². The van der Waals surface area contributed by atoms with Gasteiger partial charge in [-0.2, -0.15) is 0 Å². The van der Waals surface area contributed by atoms with Crippen LogP contribution in [0.25, 0.3) is 11.0 Å². The summed E-state index contributed by atoms with van der Waals surface area (Å²) in [6.07, 6.45) is 0. The topological polar surface area (TPSA) is 91.1 Å². The summed E-state index contributed by atoms with van der Waals surface area (Å²) >= 11 is 0. The van der Waals surface area contributed by atoms with Crippen LogP contribution in [0.5, 0.6) is 0 Å². The van der Waals surface area contributed by atoms with Crippen molar-refractivity contribution in [1.29, 1.82) is 0 Å². The normalized spacial score (nSPS) is 14.2. The highest BCUT2D eigenvalue weighted by molar-refractivity contribution is 5.97. The Bertz CT molecular complexity index is 582. The molecule has 0 saturated carbocycles. The van der Waals surface area contributed by atoms with Crippen molar-refractivity contribution < 1.29 is 0 Å². The van der Waals surface area contributed by atoms with Crippen molar-refractivity contribution in [3.05, 3.63) is 17.7 Å². The van der Waals surface area contributed by atoms with Gasteiger partial charge in [-0.15, -0.1) is 0 Å². The summed E-state index contributed by atoms with van der Waals surface area (Å²) in [5.41, 5.74) is 9.63. The minimum atomic E-state index is 0.455. The Kier molecular flexibility index (Phi) is 1.76. The fourth-order valence-corrected chi connectivity index (χ4v) is 1.82. The van der Waals surface area contributed by atoms with E-state index in [1.165, 1.54) is 0 Å². The molecule has 2 aromatic rings. The molecule has 1 aromatic heterocycles. The molecule has 5 N–H and O–H groups in total. The SMILES string of the molecule is CNc1nc2cc3c(cc2[nH]1)CN=C(N)N3. The van der Waals surface area contributed by atoms with E-state index >= 15 is 0 Å². The highest BCUT2D eigenvalue weighted by Crippen LogP contribution is 2.26. The molecule has 0 saturated heterocycles. The molecule has 82 valence electrons. The molecule has 16 heavy (non-hydrogen) atoms. The third-order valence-corrected chi connectivity index (χ3v) is 2.63. The lowest BCUT2D eigenvalue weighted by atomic mass is 10.1. The molecule has 0 aliphatic carbocycles. The Balaban J connectivity index is 2.16. The summed E-state index contributed by atoms with van der Waals surface area (Å²) in [4.78, 5) is 11.7. The summed E-state index contributed by atoms with van der Waals surface area (Å²) in [6, 6.07) is 4.02. The van der Waals surface area contributed by atoms with Crippen LogP contribution in [0.15, 0.2) is 17.1 Å². The molecule has 2 heterocycles. The van der Waals surface area contributed by atoms with Crippen molar-refractivity contribution in [2.75, 3.05) is 17.7 Å². The van der Waals surface area contributed by atoms with E-state index in [9.17, 15) is 0 Å². The molecule has 0 spiro atoms. The zero-order chi connectivity index (χ0) is 11.1. The highest BCUT2D eigenvalue weighted by Gasteiger charge is 2.12. The molecule has 3 rings (SSSR count). The van der Waals surface area contributed by atoms with Crippen LogP contribution in [0.4, 0.5) is 11.6 Å². The first-order chi connectivity index (χ1) is 7.76. The zero-order valence-corrected chi connectivity index (χ0v) is 8.83. The van der Waals surface area contributed by atoms with Crippen molar-refractivity contribution in [2.24, 2.45) is 10.7 Å². The third kappa shape index (κ3) is 1.27. The lowest BCUT2D eigenvalue weighted by Gasteiger charge is -2.15. The molecule has 0 atom stereocenters. The number of rotatable bonds is 1. The number of anilines is 2.